The average Bonchev–Trinajstić information content (AvgIpc) is 3.17. The average molecular weight is 612 g/mol. The quantitative estimate of drug-likeness (QED) is 0.182. The van der Waals surface area contributed by atoms with Gasteiger partial charge in [-0.2, -0.15) is 0 Å². The third-order valence-electron chi connectivity index (χ3n) is 9.07. The van der Waals surface area contributed by atoms with E-state index in [1.807, 2.05) is 60.7 Å². The Morgan fingerprint density at radius 3 is 1.42 bits per heavy atom. The molecule has 0 saturated heterocycles. The van der Waals surface area contributed by atoms with Crippen LogP contribution >= 0.6 is 0 Å². The van der Waals surface area contributed by atoms with Crippen molar-refractivity contribution in [2.45, 2.75) is 0 Å². The number of aromatic nitrogens is 3. The van der Waals surface area contributed by atoms with E-state index in [1.165, 1.54) is 49.2 Å². The zero-order valence-electron chi connectivity index (χ0n) is 26.1. The molecule has 0 saturated carbocycles. The second-order valence-electron chi connectivity index (χ2n) is 12.1. The lowest BCUT2D eigenvalue weighted by molar-refractivity contribution is 1.07. The summed E-state index contributed by atoms with van der Waals surface area (Å²) in [5.41, 5.74) is 7.71. The highest BCUT2D eigenvalue weighted by atomic mass is 15.0. The molecule has 0 radical (unpaired) electrons. The largest absolute Gasteiger partial charge is 0.208 e. The molecule has 0 aliphatic rings. The minimum atomic E-state index is 0.656. The van der Waals surface area contributed by atoms with E-state index in [9.17, 15) is 0 Å². The molecule has 1 heterocycles. The van der Waals surface area contributed by atoms with Gasteiger partial charge in [0, 0.05) is 16.7 Å². The molecule has 0 fully saturated rings. The number of nitrogens with zero attached hydrogens (tertiary/aromatic N) is 3. The van der Waals surface area contributed by atoms with Crippen LogP contribution < -0.4 is 0 Å². The Bertz CT molecular complexity index is 2550. The third kappa shape index (κ3) is 5.08. The Hall–Kier alpha value is -6.45. The molecule has 0 N–H and O–H groups in total. The van der Waals surface area contributed by atoms with Crippen molar-refractivity contribution in [3.05, 3.63) is 176 Å². The van der Waals surface area contributed by atoms with Crippen molar-refractivity contribution in [1.29, 1.82) is 0 Å². The van der Waals surface area contributed by atoms with Crippen LogP contribution in [-0.4, -0.2) is 15.0 Å². The van der Waals surface area contributed by atoms with Gasteiger partial charge in [-0.05, 0) is 78.8 Å². The molecular formula is C45H29N3. The molecule has 9 rings (SSSR count). The molecule has 48 heavy (non-hydrogen) atoms. The van der Waals surface area contributed by atoms with Crippen LogP contribution in [-0.2, 0) is 0 Å². The molecule has 0 amide bonds. The first kappa shape index (κ1) is 27.8. The highest BCUT2D eigenvalue weighted by Crippen LogP contribution is 2.37. The van der Waals surface area contributed by atoms with Gasteiger partial charge in [0.1, 0.15) is 0 Å². The fraction of sp³-hybridized carbons (Fsp3) is 0. The normalized spacial score (nSPS) is 11.3. The number of rotatable bonds is 5. The summed E-state index contributed by atoms with van der Waals surface area (Å²) in [5.74, 6) is 1.98. The summed E-state index contributed by atoms with van der Waals surface area (Å²) >= 11 is 0. The van der Waals surface area contributed by atoms with E-state index in [0.29, 0.717) is 17.5 Å². The van der Waals surface area contributed by atoms with Crippen molar-refractivity contribution in [1.82, 2.24) is 15.0 Å². The maximum absolute atomic E-state index is 4.93. The molecule has 0 bridgehead atoms. The molecule has 0 atom stereocenters. The van der Waals surface area contributed by atoms with Crippen LogP contribution in [0.3, 0.4) is 0 Å². The molecule has 0 unspecified atom stereocenters. The lowest BCUT2D eigenvalue weighted by Gasteiger charge is -2.13. The fourth-order valence-corrected chi connectivity index (χ4v) is 6.66. The molecule has 3 heteroatoms. The van der Waals surface area contributed by atoms with E-state index in [1.54, 1.807) is 0 Å². The number of hydrogen-bond acceptors (Lipinski definition) is 3. The van der Waals surface area contributed by atoms with Crippen molar-refractivity contribution < 1.29 is 0 Å². The second-order valence-corrected chi connectivity index (χ2v) is 12.1. The monoisotopic (exact) mass is 611 g/mol. The smallest absolute Gasteiger partial charge is 0.164 e. The SMILES string of the molecule is c1ccc(-c2nc(-c3ccccc3)nc(-c3ccc4cc(-c5cccc(-c6cc7ccccc7c7ccccc67)c5)ccc4c3)n2)cc1. The van der Waals surface area contributed by atoms with Gasteiger partial charge in [0.15, 0.2) is 17.5 Å². The molecule has 9 aromatic rings. The van der Waals surface area contributed by atoms with Crippen LogP contribution in [0, 0.1) is 0 Å². The van der Waals surface area contributed by atoms with E-state index in [-0.39, 0.29) is 0 Å². The summed E-state index contributed by atoms with van der Waals surface area (Å²) in [6.45, 7) is 0. The zero-order valence-corrected chi connectivity index (χ0v) is 26.1. The molecule has 0 aliphatic carbocycles. The van der Waals surface area contributed by atoms with Crippen molar-refractivity contribution in [3.63, 3.8) is 0 Å². The van der Waals surface area contributed by atoms with E-state index < -0.39 is 0 Å². The molecular weight excluding hydrogens is 583 g/mol. The van der Waals surface area contributed by atoms with Gasteiger partial charge in [-0.15, -0.1) is 0 Å². The van der Waals surface area contributed by atoms with E-state index in [0.717, 1.165) is 22.1 Å². The van der Waals surface area contributed by atoms with Crippen LogP contribution in [0.4, 0.5) is 0 Å². The zero-order chi connectivity index (χ0) is 31.9. The Labute approximate surface area is 278 Å². The fourth-order valence-electron chi connectivity index (χ4n) is 6.66. The van der Waals surface area contributed by atoms with Gasteiger partial charge < -0.3 is 0 Å². The van der Waals surface area contributed by atoms with Crippen LogP contribution in [0.1, 0.15) is 0 Å². The third-order valence-corrected chi connectivity index (χ3v) is 9.07. The molecule has 0 aliphatic heterocycles. The second kappa shape index (κ2) is 11.7. The highest BCUT2D eigenvalue weighted by molar-refractivity contribution is 6.13. The standard InChI is InChI=1S/C45H29N3/c1-3-12-30(13-4-1)43-46-44(31-14-5-2-6-15-31)48-45(47-43)38-25-24-34-26-33(22-23-35(34)28-38)32-17-11-18-36(27-32)42-29-37-16-7-8-19-39(37)40-20-9-10-21-41(40)42/h1-29H. The van der Waals surface area contributed by atoms with Gasteiger partial charge in [-0.1, -0.05) is 152 Å². The molecule has 1 aromatic heterocycles. The summed E-state index contributed by atoms with van der Waals surface area (Å²) in [6, 6.07) is 61.9. The Morgan fingerprint density at radius 1 is 0.250 bits per heavy atom. The maximum Gasteiger partial charge on any atom is 0.164 e. The predicted octanol–water partition coefficient (Wildman–Crippen LogP) is 11.7. The van der Waals surface area contributed by atoms with Crippen molar-refractivity contribution in [3.8, 4) is 56.4 Å². The van der Waals surface area contributed by atoms with Gasteiger partial charge in [-0.3, -0.25) is 0 Å². The Balaban J connectivity index is 1.11. The summed E-state index contributed by atoms with van der Waals surface area (Å²) in [5, 5.41) is 7.38. The lowest BCUT2D eigenvalue weighted by Crippen LogP contribution is -2.00. The number of fused-ring (bicyclic) bond motifs is 4. The van der Waals surface area contributed by atoms with Crippen molar-refractivity contribution in [2.24, 2.45) is 0 Å². The molecule has 0 spiro atoms. The minimum Gasteiger partial charge on any atom is -0.208 e. The first-order valence-corrected chi connectivity index (χ1v) is 16.2. The Morgan fingerprint density at radius 2 is 0.729 bits per heavy atom. The van der Waals surface area contributed by atoms with Crippen LogP contribution in [0.25, 0.3) is 88.7 Å². The first-order valence-electron chi connectivity index (χ1n) is 16.2. The van der Waals surface area contributed by atoms with Crippen LogP contribution in [0.15, 0.2) is 176 Å². The highest BCUT2D eigenvalue weighted by Gasteiger charge is 2.14. The summed E-state index contributed by atoms with van der Waals surface area (Å²) in [7, 11) is 0. The first-order chi connectivity index (χ1) is 23.8. The van der Waals surface area contributed by atoms with Crippen LogP contribution in [0.2, 0.25) is 0 Å². The van der Waals surface area contributed by atoms with Gasteiger partial charge >= 0.3 is 0 Å². The van der Waals surface area contributed by atoms with Gasteiger partial charge in [-0.25, -0.2) is 15.0 Å². The lowest BCUT2D eigenvalue weighted by atomic mass is 9.91. The van der Waals surface area contributed by atoms with Crippen molar-refractivity contribution >= 4 is 32.3 Å². The van der Waals surface area contributed by atoms with E-state index >= 15 is 0 Å². The van der Waals surface area contributed by atoms with E-state index in [4.69, 9.17) is 15.0 Å². The van der Waals surface area contributed by atoms with Crippen LogP contribution in [0.5, 0.6) is 0 Å². The maximum atomic E-state index is 4.93. The van der Waals surface area contributed by atoms with Crippen molar-refractivity contribution in [2.75, 3.05) is 0 Å². The summed E-state index contributed by atoms with van der Waals surface area (Å²) in [4.78, 5) is 14.7. The van der Waals surface area contributed by atoms with Gasteiger partial charge in [0.2, 0.25) is 0 Å². The Kier molecular flexibility index (Phi) is 6.80. The summed E-state index contributed by atoms with van der Waals surface area (Å²) in [6.07, 6.45) is 0. The summed E-state index contributed by atoms with van der Waals surface area (Å²) < 4.78 is 0. The molecule has 8 aromatic carbocycles. The topological polar surface area (TPSA) is 38.7 Å². The van der Waals surface area contributed by atoms with Gasteiger partial charge in [0.05, 0.1) is 0 Å². The van der Waals surface area contributed by atoms with Gasteiger partial charge in [0.25, 0.3) is 0 Å². The number of hydrogen-bond donors (Lipinski definition) is 0. The number of benzene rings is 8. The molecule has 224 valence electrons. The van der Waals surface area contributed by atoms with E-state index in [2.05, 4.69) is 115 Å². The predicted molar refractivity (Wildman–Crippen MR) is 200 cm³/mol. The minimum absolute atomic E-state index is 0.656. The molecule has 3 nitrogen and oxygen atoms in total.